The number of amides is 1. The molecule has 0 aliphatic heterocycles. The molecule has 128 valence electrons. The summed E-state index contributed by atoms with van der Waals surface area (Å²) >= 11 is 12.1. The van der Waals surface area contributed by atoms with Crippen LogP contribution in [0, 0.1) is 6.92 Å². The lowest BCUT2D eigenvalue weighted by Gasteiger charge is -2.12. The summed E-state index contributed by atoms with van der Waals surface area (Å²) in [5, 5.41) is 7.76. The molecule has 8 heteroatoms. The molecule has 0 radical (unpaired) electrons. The maximum atomic E-state index is 12.2. The van der Waals surface area contributed by atoms with Crippen molar-refractivity contribution in [1.82, 2.24) is 14.8 Å². The highest BCUT2D eigenvalue weighted by Crippen LogP contribution is 2.26. The lowest BCUT2D eigenvalue weighted by atomic mass is 10.2. The number of hydrogen-bond acceptors (Lipinski definition) is 4. The summed E-state index contributed by atoms with van der Waals surface area (Å²) in [4.78, 5) is 16.1. The van der Waals surface area contributed by atoms with Crippen molar-refractivity contribution >= 4 is 34.8 Å². The smallest absolute Gasteiger partial charge is 0.262 e. The number of carbonyl (C=O) groups excluding carboxylic acids is 1. The average molecular weight is 377 g/mol. The first-order valence-corrected chi connectivity index (χ1v) is 8.12. The van der Waals surface area contributed by atoms with Crippen LogP contribution in [0.25, 0.3) is 5.69 Å². The van der Waals surface area contributed by atoms with Crippen LogP contribution in [0.5, 0.6) is 5.75 Å². The second-order valence-electron chi connectivity index (χ2n) is 5.27. The molecule has 3 aromatic rings. The number of benzene rings is 2. The van der Waals surface area contributed by atoms with E-state index in [1.807, 2.05) is 13.0 Å². The maximum absolute atomic E-state index is 12.2. The quantitative estimate of drug-likeness (QED) is 0.732. The Labute approximate surface area is 154 Å². The topological polar surface area (TPSA) is 69.0 Å². The molecule has 0 aliphatic rings. The Kier molecular flexibility index (Phi) is 5.21. The van der Waals surface area contributed by atoms with Gasteiger partial charge in [0, 0.05) is 5.02 Å². The van der Waals surface area contributed by atoms with Gasteiger partial charge in [0.15, 0.2) is 6.61 Å². The first kappa shape index (κ1) is 17.3. The van der Waals surface area contributed by atoms with Gasteiger partial charge in [0.1, 0.15) is 18.4 Å². The number of aromatic nitrogens is 3. The number of ether oxygens (including phenoxy) is 1. The fourth-order valence-electron chi connectivity index (χ4n) is 2.19. The van der Waals surface area contributed by atoms with Gasteiger partial charge in [0.05, 0.1) is 16.4 Å². The number of hydrogen-bond donors (Lipinski definition) is 1. The van der Waals surface area contributed by atoms with Gasteiger partial charge in [-0.15, -0.1) is 0 Å². The molecule has 6 nitrogen and oxygen atoms in total. The first-order valence-electron chi connectivity index (χ1n) is 7.36. The number of carbonyl (C=O) groups is 1. The molecule has 1 amide bonds. The van der Waals surface area contributed by atoms with E-state index in [4.69, 9.17) is 27.9 Å². The van der Waals surface area contributed by atoms with E-state index in [9.17, 15) is 4.79 Å². The highest BCUT2D eigenvalue weighted by Gasteiger charge is 2.11. The average Bonchev–Trinajstić information content (AvgIpc) is 3.10. The minimum absolute atomic E-state index is 0.188. The lowest BCUT2D eigenvalue weighted by Crippen LogP contribution is -2.21. The van der Waals surface area contributed by atoms with Crippen molar-refractivity contribution in [3.63, 3.8) is 0 Å². The van der Waals surface area contributed by atoms with Gasteiger partial charge in [0.2, 0.25) is 0 Å². The third-order valence-corrected chi connectivity index (χ3v) is 3.89. The molecule has 3 rings (SSSR count). The van der Waals surface area contributed by atoms with E-state index >= 15 is 0 Å². The molecule has 2 aromatic carbocycles. The van der Waals surface area contributed by atoms with E-state index in [2.05, 4.69) is 15.4 Å². The zero-order valence-corrected chi connectivity index (χ0v) is 14.8. The number of nitrogens with one attached hydrogen (secondary N) is 1. The third-order valence-electron chi connectivity index (χ3n) is 3.34. The van der Waals surface area contributed by atoms with Crippen LogP contribution in [-0.2, 0) is 4.79 Å². The van der Waals surface area contributed by atoms with Crippen molar-refractivity contribution in [2.75, 3.05) is 11.9 Å². The minimum atomic E-state index is -0.346. The Morgan fingerprint density at radius 1 is 1.24 bits per heavy atom. The number of aryl methyl sites for hydroxylation is 1. The van der Waals surface area contributed by atoms with Crippen LogP contribution in [0.1, 0.15) is 5.56 Å². The van der Waals surface area contributed by atoms with Gasteiger partial charge in [-0.1, -0.05) is 29.3 Å². The molecular formula is C17H14Cl2N4O2. The molecule has 1 N–H and O–H groups in total. The fraction of sp³-hybridized carbons (Fsp3) is 0.118. The molecule has 0 spiro atoms. The van der Waals surface area contributed by atoms with Crippen molar-refractivity contribution in [1.29, 1.82) is 0 Å². The fourth-order valence-corrected chi connectivity index (χ4v) is 2.54. The van der Waals surface area contributed by atoms with Crippen molar-refractivity contribution < 1.29 is 9.53 Å². The molecular weight excluding hydrogens is 363 g/mol. The molecule has 0 bridgehead atoms. The molecule has 1 aromatic heterocycles. The lowest BCUT2D eigenvalue weighted by molar-refractivity contribution is -0.118. The largest absolute Gasteiger partial charge is 0.482 e. The zero-order valence-electron chi connectivity index (χ0n) is 13.2. The molecule has 0 aliphatic carbocycles. The Hall–Kier alpha value is -2.57. The van der Waals surface area contributed by atoms with Crippen LogP contribution in [-0.4, -0.2) is 27.3 Å². The van der Waals surface area contributed by atoms with Gasteiger partial charge in [0.25, 0.3) is 5.91 Å². The van der Waals surface area contributed by atoms with Crippen LogP contribution in [0.3, 0.4) is 0 Å². The number of nitrogens with zero attached hydrogens (tertiary/aromatic N) is 3. The van der Waals surface area contributed by atoms with Crippen molar-refractivity contribution in [3.05, 3.63) is 64.7 Å². The van der Waals surface area contributed by atoms with E-state index in [1.165, 1.54) is 17.3 Å². The second-order valence-corrected chi connectivity index (χ2v) is 6.12. The molecule has 0 unspecified atom stereocenters. The van der Waals surface area contributed by atoms with Gasteiger partial charge >= 0.3 is 0 Å². The van der Waals surface area contributed by atoms with Crippen LogP contribution in [0.4, 0.5) is 5.69 Å². The highest BCUT2D eigenvalue weighted by molar-refractivity contribution is 6.32. The molecule has 0 fully saturated rings. The third kappa shape index (κ3) is 4.29. The Morgan fingerprint density at radius 2 is 2.08 bits per heavy atom. The number of halogens is 2. The van der Waals surface area contributed by atoms with Gasteiger partial charge in [-0.3, -0.25) is 4.79 Å². The van der Waals surface area contributed by atoms with Crippen LogP contribution < -0.4 is 10.1 Å². The molecule has 1 heterocycles. The molecule has 0 saturated heterocycles. The second kappa shape index (κ2) is 7.55. The predicted molar refractivity (Wildman–Crippen MR) is 96.7 cm³/mol. The summed E-state index contributed by atoms with van der Waals surface area (Å²) in [7, 11) is 0. The molecule has 0 atom stereocenters. The molecule has 0 saturated carbocycles. The van der Waals surface area contributed by atoms with E-state index < -0.39 is 0 Å². The monoisotopic (exact) mass is 376 g/mol. The Balaban J connectivity index is 1.73. The first-order chi connectivity index (χ1) is 12.0. The van der Waals surface area contributed by atoms with E-state index in [0.717, 1.165) is 5.56 Å². The summed E-state index contributed by atoms with van der Waals surface area (Å²) in [6, 6.07) is 10.4. The van der Waals surface area contributed by atoms with Crippen molar-refractivity contribution in [3.8, 4) is 11.4 Å². The summed E-state index contributed by atoms with van der Waals surface area (Å²) in [6.45, 7) is 1.73. The van der Waals surface area contributed by atoms with E-state index in [1.54, 1.807) is 30.3 Å². The highest BCUT2D eigenvalue weighted by atomic mass is 35.5. The van der Waals surface area contributed by atoms with Gasteiger partial charge in [-0.05, 0) is 42.8 Å². The van der Waals surface area contributed by atoms with Crippen LogP contribution in [0.2, 0.25) is 10.0 Å². The Bertz CT molecular complexity index is 898. The van der Waals surface area contributed by atoms with Crippen molar-refractivity contribution in [2.24, 2.45) is 0 Å². The summed E-state index contributed by atoms with van der Waals surface area (Å²) in [5.41, 5.74) is 2.13. The maximum Gasteiger partial charge on any atom is 0.262 e. The van der Waals surface area contributed by atoms with Crippen LogP contribution >= 0.6 is 23.2 Å². The summed E-state index contributed by atoms with van der Waals surface area (Å²) in [6.07, 6.45) is 2.94. The van der Waals surface area contributed by atoms with Gasteiger partial charge in [-0.2, -0.15) is 5.10 Å². The van der Waals surface area contributed by atoms with Crippen LogP contribution in [0.15, 0.2) is 49.1 Å². The summed E-state index contributed by atoms with van der Waals surface area (Å²) < 4.78 is 7.03. The van der Waals surface area contributed by atoms with Gasteiger partial charge in [-0.25, -0.2) is 9.67 Å². The minimum Gasteiger partial charge on any atom is -0.482 e. The standard InChI is InChI=1S/C17H14Cl2N4O2/c1-11-2-4-13(19)16(6-11)25-8-17(24)22-14-7-12(18)3-5-15(14)23-10-20-9-21-23/h2-7,9-10H,8H2,1H3,(H,22,24). The van der Waals surface area contributed by atoms with Gasteiger partial charge < -0.3 is 10.1 Å². The predicted octanol–water partition coefficient (Wildman–Crippen LogP) is 3.90. The van der Waals surface area contributed by atoms with E-state index in [-0.39, 0.29) is 12.5 Å². The SMILES string of the molecule is Cc1ccc(Cl)c(OCC(=O)Nc2cc(Cl)ccc2-n2cncn2)c1. The zero-order chi connectivity index (χ0) is 17.8. The normalized spacial score (nSPS) is 10.5. The Morgan fingerprint density at radius 3 is 2.84 bits per heavy atom. The molecule has 25 heavy (non-hydrogen) atoms. The number of anilines is 1. The van der Waals surface area contributed by atoms with E-state index in [0.29, 0.717) is 27.2 Å². The summed E-state index contributed by atoms with van der Waals surface area (Å²) in [5.74, 6) is 0.112. The number of rotatable bonds is 5. The van der Waals surface area contributed by atoms with Crippen molar-refractivity contribution in [2.45, 2.75) is 6.92 Å².